The molecule has 2 rings (SSSR count). The van der Waals surface area contributed by atoms with Crippen molar-refractivity contribution in [2.24, 2.45) is 5.10 Å². The molecule has 1 N–H and O–H groups in total. The first-order valence-corrected chi connectivity index (χ1v) is 9.11. The third-order valence-corrected chi connectivity index (χ3v) is 4.72. The van der Waals surface area contributed by atoms with Crippen molar-refractivity contribution in [3.8, 4) is 0 Å². The molecule has 23 heavy (non-hydrogen) atoms. The molecule has 0 aliphatic rings. The second-order valence-electron chi connectivity index (χ2n) is 5.15. The summed E-state index contributed by atoms with van der Waals surface area (Å²) in [5.74, 6) is 0.666. The van der Waals surface area contributed by atoms with Crippen LogP contribution in [0.5, 0.6) is 0 Å². The Kier molecular flexibility index (Phi) is 6.86. The molecule has 0 aromatic heterocycles. The number of hydrazone groups is 1. The maximum atomic E-state index is 11.8. The zero-order chi connectivity index (χ0) is 16.7. The lowest BCUT2D eigenvalue weighted by molar-refractivity contribution is -0.120. The monoisotopic (exact) mass is 390 g/mol. The minimum absolute atomic E-state index is 0.0704. The highest BCUT2D eigenvalue weighted by Crippen LogP contribution is 2.18. The highest BCUT2D eigenvalue weighted by molar-refractivity contribution is 9.10. The van der Waals surface area contributed by atoms with Gasteiger partial charge in [0.1, 0.15) is 0 Å². The molecular weight excluding hydrogens is 372 g/mol. The van der Waals surface area contributed by atoms with Crippen molar-refractivity contribution in [3.63, 3.8) is 0 Å². The maximum absolute atomic E-state index is 11.8. The van der Waals surface area contributed by atoms with E-state index in [1.54, 1.807) is 11.8 Å². The fourth-order valence-corrected chi connectivity index (χ4v) is 3.13. The Balaban J connectivity index is 1.78. The molecule has 2 aromatic carbocycles. The molecule has 5 heteroatoms. The number of carbonyl (C=O) groups excluding carboxylic acids is 1. The first-order chi connectivity index (χ1) is 11.0. The van der Waals surface area contributed by atoms with E-state index in [0.717, 1.165) is 21.5 Å². The largest absolute Gasteiger partial charge is 0.273 e. The van der Waals surface area contributed by atoms with E-state index in [-0.39, 0.29) is 5.91 Å². The van der Waals surface area contributed by atoms with Crippen LogP contribution >= 0.6 is 27.7 Å². The van der Waals surface area contributed by atoms with Gasteiger partial charge in [-0.15, -0.1) is 11.8 Å². The van der Waals surface area contributed by atoms with Crippen molar-refractivity contribution >= 4 is 39.3 Å². The molecular formula is C18H19BrN2OS. The Morgan fingerprint density at radius 3 is 2.65 bits per heavy atom. The Morgan fingerprint density at radius 2 is 1.96 bits per heavy atom. The molecule has 0 aliphatic heterocycles. The van der Waals surface area contributed by atoms with Gasteiger partial charge in [0.2, 0.25) is 5.91 Å². The van der Waals surface area contributed by atoms with Gasteiger partial charge in [-0.05, 0) is 43.7 Å². The highest BCUT2D eigenvalue weighted by Gasteiger charge is 2.03. The van der Waals surface area contributed by atoms with E-state index in [0.29, 0.717) is 6.42 Å². The summed E-state index contributed by atoms with van der Waals surface area (Å²) in [5.41, 5.74) is 5.62. The summed E-state index contributed by atoms with van der Waals surface area (Å²) < 4.78 is 0.991. The SMILES string of the molecule is C/C(=N/NC(=O)CCSc1ccc(C)cc1)c1cccc(Br)c1. The quantitative estimate of drug-likeness (QED) is 0.438. The fraction of sp³-hybridized carbons (Fsp3) is 0.222. The third-order valence-electron chi connectivity index (χ3n) is 3.21. The number of rotatable bonds is 6. The number of nitrogens with zero attached hydrogens (tertiary/aromatic N) is 1. The predicted octanol–water partition coefficient (Wildman–Crippen LogP) is 4.78. The van der Waals surface area contributed by atoms with Crippen LogP contribution in [0.2, 0.25) is 0 Å². The molecule has 0 radical (unpaired) electrons. The zero-order valence-electron chi connectivity index (χ0n) is 13.2. The smallest absolute Gasteiger partial charge is 0.240 e. The number of halogens is 1. The van der Waals surface area contributed by atoms with Gasteiger partial charge < -0.3 is 0 Å². The van der Waals surface area contributed by atoms with Gasteiger partial charge in [0, 0.05) is 21.5 Å². The molecule has 0 saturated carbocycles. The van der Waals surface area contributed by atoms with Crippen LogP contribution in [0.3, 0.4) is 0 Å². The molecule has 2 aromatic rings. The number of amides is 1. The number of hydrogen-bond donors (Lipinski definition) is 1. The maximum Gasteiger partial charge on any atom is 0.240 e. The van der Waals surface area contributed by atoms with Gasteiger partial charge in [0.25, 0.3) is 0 Å². The Morgan fingerprint density at radius 1 is 1.22 bits per heavy atom. The van der Waals surface area contributed by atoms with Gasteiger partial charge in [0.05, 0.1) is 5.71 Å². The number of benzene rings is 2. The van der Waals surface area contributed by atoms with Crippen molar-refractivity contribution in [1.29, 1.82) is 0 Å². The summed E-state index contributed by atoms with van der Waals surface area (Å²) in [5, 5.41) is 4.16. The normalized spacial score (nSPS) is 11.3. The summed E-state index contributed by atoms with van der Waals surface area (Å²) >= 11 is 5.10. The number of aryl methyl sites for hydroxylation is 1. The molecule has 0 unspecified atom stereocenters. The Labute approximate surface area is 149 Å². The molecule has 120 valence electrons. The van der Waals surface area contributed by atoms with E-state index in [9.17, 15) is 4.79 Å². The second kappa shape index (κ2) is 8.89. The van der Waals surface area contributed by atoms with E-state index in [2.05, 4.69) is 57.6 Å². The lowest BCUT2D eigenvalue weighted by Gasteiger charge is -2.04. The van der Waals surface area contributed by atoms with Crippen molar-refractivity contribution in [3.05, 3.63) is 64.1 Å². The minimum Gasteiger partial charge on any atom is -0.273 e. The summed E-state index contributed by atoms with van der Waals surface area (Å²) in [6, 6.07) is 16.1. The van der Waals surface area contributed by atoms with Gasteiger partial charge in [-0.3, -0.25) is 4.79 Å². The van der Waals surface area contributed by atoms with Crippen LogP contribution in [-0.2, 0) is 4.79 Å². The summed E-state index contributed by atoms with van der Waals surface area (Å²) in [4.78, 5) is 13.0. The first-order valence-electron chi connectivity index (χ1n) is 7.33. The molecule has 1 amide bonds. The summed E-state index contributed by atoms with van der Waals surface area (Å²) in [7, 11) is 0. The van der Waals surface area contributed by atoms with Gasteiger partial charge in [0.15, 0.2) is 0 Å². The van der Waals surface area contributed by atoms with Crippen LogP contribution in [0.4, 0.5) is 0 Å². The first kappa shape index (κ1) is 17.8. The van der Waals surface area contributed by atoms with Gasteiger partial charge in [-0.1, -0.05) is 45.8 Å². The lowest BCUT2D eigenvalue weighted by Crippen LogP contribution is -2.19. The number of thioether (sulfide) groups is 1. The van der Waals surface area contributed by atoms with Crippen molar-refractivity contribution in [1.82, 2.24) is 5.43 Å². The topological polar surface area (TPSA) is 41.5 Å². The number of carbonyl (C=O) groups is 1. The minimum atomic E-state index is -0.0704. The van der Waals surface area contributed by atoms with Crippen molar-refractivity contribution in [2.75, 3.05) is 5.75 Å². The number of hydrogen-bond acceptors (Lipinski definition) is 3. The molecule has 0 aliphatic carbocycles. The fourth-order valence-electron chi connectivity index (χ4n) is 1.88. The zero-order valence-corrected chi connectivity index (χ0v) is 15.6. The van der Waals surface area contributed by atoms with Gasteiger partial charge >= 0.3 is 0 Å². The third kappa shape index (κ3) is 6.20. The standard InChI is InChI=1S/C18H19BrN2OS/c1-13-6-8-17(9-7-13)23-11-10-18(22)21-20-14(2)15-4-3-5-16(19)12-15/h3-9,12H,10-11H2,1-2H3,(H,21,22)/b20-14-. The molecule has 0 atom stereocenters. The van der Waals surface area contributed by atoms with Gasteiger partial charge in [-0.2, -0.15) is 5.10 Å². The summed E-state index contributed by atoms with van der Waals surface area (Å²) in [6.07, 6.45) is 0.438. The van der Waals surface area contributed by atoms with E-state index in [4.69, 9.17) is 0 Å². The van der Waals surface area contributed by atoms with Crippen molar-refractivity contribution in [2.45, 2.75) is 25.2 Å². The molecule has 0 saturated heterocycles. The van der Waals surface area contributed by atoms with E-state index in [1.807, 2.05) is 31.2 Å². The molecule has 3 nitrogen and oxygen atoms in total. The van der Waals surface area contributed by atoms with Crippen LogP contribution in [0.1, 0.15) is 24.5 Å². The number of nitrogens with one attached hydrogen (secondary N) is 1. The van der Waals surface area contributed by atoms with E-state index >= 15 is 0 Å². The highest BCUT2D eigenvalue weighted by atomic mass is 79.9. The lowest BCUT2D eigenvalue weighted by atomic mass is 10.1. The van der Waals surface area contributed by atoms with E-state index in [1.165, 1.54) is 10.5 Å². The molecule has 0 heterocycles. The second-order valence-corrected chi connectivity index (χ2v) is 7.24. The Hall–Kier alpha value is -1.59. The van der Waals surface area contributed by atoms with Crippen LogP contribution in [-0.4, -0.2) is 17.4 Å². The Bertz CT molecular complexity index is 698. The molecule has 0 spiro atoms. The predicted molar refractivity (Wildman–Crippen MR) is 101 cm³/mol. The molecule has 0 fully saturated rings. The summed E-state index contributed by atoms with van der Waals surface area (Å²) in [6.45, 7) is 3.94. The van der Waals surface area contributed by atoms with Gasteiger partial charge in [-0.25, -0.2) is 5.43 Å². The van der Waals surface area contributed by atoms with Crippen LogP contribution in [0.15, 0.2) is 63.0 Å². The van der Waals surface area contributed by atoms with Crippen molar-refractivity contribution < 1.29 is 4.79 Å². The van der Waals surface area contributed by atoms with Crippen LogP contribution < -0.4 is 5.43 Å². The van der Waals surface area contributed by atoms with Crippen LogP contribution in [0.25, 0.3) is 0 Å². The average Bonchev–Trinajstić information content (AvgIpc) is 2.54. The van der Waals surface area contributed by atoms with E-state index < -0.39 is 0 Å². The average molecular weight is 391 g/mol. The molecule has 0 bridgehead atoms. The van der Waals surface area contributed by atoms with Crippen LogP contribution in [0, 0.1) is 6.92 Å².